The summed E-state index contributed by atoms with van der Waals surface area (Å²) in [5.41, 5.74) is 1.82. The second-order valence-electron chi connectivity index (χ2n) is 7.81. The van der Waals surface area contributed by atoms with Gasteiger partial charge < -0.3 is 14.5 Å². The van der Waals surface area contributed by atoms with Gasteiger partial charge >= 0.3 is 0 Å². The van der Waals surface area contributed by atoms with Gasteiger partial charge in [-0.3, -0.25) is 4.79 Å². The van der Waals surface area contributed by atoms with Crippen molar-refractivity contribution >= 4 is 27.5 Å². The molecule has 7 nitrogen and oxygen atoms in total. The fourth-order valence-corrected chi connectivity index (χ4v) is 4.68. The number of carbonyl (C=O) groups excluding carboxylic acids is 1. The SMILES string of the molecule is COc1ccc(CN(C)C(=O)c2ccc3c(c2)S(=O)(=O)N=C(C)N3CC(C)C)cc1. The number of hydrogen-bond donors (Lipinski definition) is 0. The highest BCUT2D eigenvalue weighted by Gasteiger charge is 2.30. The van der Waals surface area contributed by atoms with E-state index in [1.54, 1.807) is 38.1 Å². The number of hydrogen-bond acceptors (Lipinski definition) is 5. The Morgan fingerprint density at radius 3 is 2.43 bits per heavy atom. The minimum Gasteiger partial charge on any atom is -0.497 e. The van der Waals surface area contributed by atoms with E-state index in [0.29, 0.717) is 36.1 Å². The van der Waals surface area contributed by atoms with Crippen LogP contribution >= 0.6 is 0 Å². The number of fused-ring (bicyclic) bond motifs is 1. The van der Waals surface area contributed by atoms with Gasteiger partial charge in [-0.25, -0.2) is 0 Å². The van der Waals surface area contributed by atoms with Gasteiger partial charge in [-0.15, -0.1) is 4.40 Å². The van der Waals surface area contributed by atoms with Crippen molar-refractivity contribution in [3.63, 3.8) is 0 Å². The van der Waals surface area contributed by atoms with Gasteiger partial charge in [0.2, 0.25) is 0 Å². The van der Waals surface area contributed by atoms with Crippen LogP contribution in [0.1, 0.15) is 36.7 Å². The van der Waals surface area contributed by atoms with E-state index in [4.69, 9.17) is 4.74 Å². The molecule has 0 atom stereocenters. The van der Waals surface area contributed by atoms with E-state index in [9.17, 15) is 13.2 Å². The summed E-state index contributed by atoms with van der Waals surface area (Å²) in [4.78, 5) is 16.5. The van der Waals surface area contributed by atoms with Gasteiger partial charge in [-0.1, -0.05) is 26.0 Å². The average Bonchev–Trinajstić information content (AvgIpc) is 2.70. The number of carbonyl (C=O) groups is 1. The molecule has 1 aliphatic heterocycles. The molecule has 30 heavy (non-hydrogen) atoms. The third-order valence-corrected chi connectivity index (χ3v) is 6.28. The van der Waals surface area contributed by atoms with Crippen molar-refractivity contribution in [2.24, 2.45) is 10.3 Å². The Morgan fingerprint density at radius 1 is 1.17 bits per heavy atom. The number of benzene rings is 2. The molecule has 2 aromatic rings. The Balaban J connectivity index is 1.88. The first-order valence-electron chi connectivity index (χ1n) is 9.74. The third-order valence-electron chi connectivity index (χ3n) is 4.89. The van der Waals surface area contributed by atoms with Crippen molar-refractivity contribution in [2.75, 3.05) is 25.6 Å². The van der Waals surface area contributed by atoms with Crippen LogP contribution in [0, 0.1) is 5.92 Å². The van der Waals surface area contributed by atoms with Crippen molar-refractivity contribution in [2.45, 2.75) is 32.2 Å². The zero-order valence-electron chi connectivity index (χ0n) is 17.9. The van der Waals surface area contributed by atoms with Crippen LogP contribution < -0.4 is 9.64 Å². The predicted octanol–water partition coefficient (Wildman–Crippen LogP) is 3.55. The van der Waals surface area contributed by atoms with Crippen LogP contribution in [0.4, 0.5) is 5.69 Å². The molecule has 1 aliphatic rings. The van der Waals surface area contributed by atoms with Crippen molar-refractivity contribution in [3.05, 3.63) is 53.6 Å². The zero-order chi connectivity index (χ0) is 22.1. The molecule has 0 N–H and O–H groups in total. The predicted molar refractivity (Wildman–Crippen MR) is 118 cm³/mol. The van der Waals surface area contributed by atoms with Gasteiger partial charge in [0.15, 0.2) is 0 Å². The molecule has 0 spiro atoms. The minimum absolute atomic E-state index is 0.0671. The van der Waals surface area contributed by atoms with E-state index in [1.165, 1.54) is 6.07 Å². The first-order valence-corrected chi connectivity index (χ1v) is 11.2. The van der Waals surface area contributed by atoms with Gasteiger partial charge in [0.1, 0.15) is 16.5 Å². The maximum Gasteiger partial charge on any atom is 0.286 e. The molecule has 0 radical (unpaired) electrons. The van der Waals surface area contributed by atoms with E-state index < -0.39 is 10.0 Å². The smallest absolute Gasteiger partial charge is 0.286 e. The normalized spacial score (nSPS) is 14.9. The molecular formula is C22H27N3O4S. The summed E-state index contributed by atoms with van der Waals surface area (Å²) in [6.45, 7) is 6.83. The maximum absolute atomic E-state index is 12.9. The molecule has 3 rings (SSSR count). The molecule has 0 aromatic heterocycles. The Morgan fingerprint density at radius 2 is 1.83 bits per heavy atom. The number of nitrogens with zero attached hydrogens (tertiary/aromatic N) is 3. The Kier molecular flexibility index (Phi) is 6.17. The Bertz CT molecular complexity index is 1080. The van der Waals surface area contributed by atoms with E-state index in [0.717, 1.165) is 11.3 Å². The molecule has 0 saturated carbocycles. The van der Waals surface area contributed by atoms with Gasteiger partial charge in [-0.2, -0.15) is 8.42 Å². The lowest BCUT2D eigenvalue weighted by Gasteiger charge is -2.31. The summed E-state index contributed by atoms with van der Waals surface area (Å²) < 4.78 is 34.4. The summed E-state index contributed by atoms with van der Waals surface area (Å²) in [7, 11) is -0.558. The minimum atomic E-state index is -3.85. The Hall–Kier alpha value is -2.87. The third kappa shape index (κ3) is 4.48. The quantitative estimate of drug-likeness (QED) is 0.702. The van der Waals surface area contributed by atoms with Gasteiger partial charge in [-0.05, 0) is 48.7 Å². The van der Waals surface area contributed by atoms with Crippen molar-refractivity contribution < 1.29 is 17.9 Å². The van der Waals surface area contributed by atoms with Crippen LogP contribution in [0.2, 0.25) is 0 Å². The summed E-state index contributed by atoms with van der Waals surface area (Å²) in [5.74, 6) is 1.24. The monoisotopic (exact) mass is 429 g/mol. The van der Waals surface area contributed by atoms with Gasteiger partial charge in [0.25, 0.3) is 15.9 Å². The number of sulfonamides is 1. The first-order chi connectivity index (χ1) is 14.1. The topological polar surface area (TPSA) is 79.3 Å². The van der Waals surface area contributed by atoms with Gasteiger partial charge in [0, 0.05) is 25.7 Å². The van der Waals surface area contributed by atoms with Crippen LogP contribution in [0.5, 0.6) is 5.75 Å². The largest absolute Gasteiger partial charge is 0.497 e. The molecule has 0 aliphatic carbocycles. The van der Waals surface area contributed by atoms with E-state index in [1.807, 2.05) is 29.2 Å². The highest BCUT2D eigenvalue weighted by Crippen LogP contribution is 2.33. The van der Waals surface area contributed by atoms with Crippen LogP contribution in [-0.2, 0) is 16.6 Å². The molecule has 8 heteroatoms. The Labute approximate surface area is 178 Å². The number of amides is 1. The summed E-state index contributed by atoms with van der Waals surface area (Å²) in [6.07, 6.45) is 0. The van der Waals surface area contributed by atoms with Crippen molar-refractivity contribution in [1.82, 2.24) is 4.90 Å². The summed E-state index contributed by atoms with van der Waals surface area (Å²) in [5, 5.41) is 0. The maximum atomic E-state index is 12.9. The molecule has 2 aromatic carbocycles. The molecule has 0 bridgehead atoms. The van der Waals surface area contributed by atoms with Crippen LogP contribution in [0.3, 0.4) is 0 Å². The fraction of sp³-hybridized carbons (Fsp3) is 0.364. The molecule has 0 unspecified atom stereocenters. The highest BCUT2D eigenvalue weighted by molar-refractivity contribution is 7.90. The van der Waals surface area contributed by atoms with Crippen LogP contribution in [0.25, 0.3) is 0 Å². The standard InChI is InChI=1S/C22H27N3O4S/c1-15(2)13-25-16(3)23-30(27,28)21-12-18(8-11-20(21)25)22(26)24(4)14-17-6-9-19(29-5)10-7-17/h6-12,15H,13-14H2,1-5H3. The van der Waals surface area contributed by atoms with E-state index in [-0.39, 0.29) is 10.8 Å². The lowest BCUT2D eigenvalue weighted by Crippen LogP contribution is -2.37. The lowest BCUT2D eigenvalue weighted by atomic mass is 10.1. The van der Waals surface area contributed by atoms with E-state index in [2.05, 4.69) is 18.2 Å². The van der Waals surface area contributed by atoms with Crippen LogP contribution in [-0.4, -0.2) is 45.8 Å². The molecule has 0 fully saturated rings. The average molecular weight is 430 g/mol. The van der Waals surface area contributed by atoms with Crippen molar-refractivity contribution in [3.8, 4) is 5.75 Å². The van der Waals surface area contributed by atoms with Crippen molar-refractivity contribution in [1.29, 1.82) is 0 Å². The molecule has 1 heterocycles. The highest BCUT2D eigenvalue weighted by atomic mass is 32.2. The van der Waals surface area contributed by atoms with Crippen LogP contribution in [0.15, 0.2) is 51.8 Å². The number of methoxy groups -OCH3 is 1. The number of rotatable bonds is 6. The molecule has 160 valence electrons. The second kappa shape index (κ2) is 8.47. The number of anilines is 1. The fourth-order valence-electron chi connectivity index (χ4n) is 3.42. The number of amidine groups is 1. The van der Waals surface area contributed by atoms with E-state index >= 15 is 0 Å². The summed E-state index contributed by atoms with van der Waals surface area (Å²) >= 11 is 0. The number of ether oxygens (including phenoxy) is 1. The molecule has 0 saturated heterocycles. The molecule has 1 amide bonds. The first kappa shape index (κ1) is 21.8. The molecular weight excluding hydrogens is 402 g/mol. The summed E-state index contributed by atoms with van der Waals surface area (Å²) in [6, 6.07) is 12.3. The van der Waals surface area contributed by atoms with Gasteiger partial charge in [0.05, 0.1) is 12.8 Å². The lowest BCUT2D eigenvalue weighted by molar-refractivity contribution is 0.0785. The second-order valence-corrected chi connectivity index (χ2v) is 9.38. The zero-order valence-corrected chi connectivity index (χ0v) is 18.7.